The van der Waals surface area contributed by atoms with Crippen molar-refractivity contribution in [3.8, 4) is 11.5 Å². The second kappa shape index (κ2) is 7.90. The lowest BCUT2D eigenvalue weighted by molar-refractivity contribution is -0.117. The Labute approximate surface area is 163 Å². The summed E-state index contributed by atoms with van der Waals surface area (Å²) in [7, 11) is 0. The molecular formula is C21H23N3O4. The van der Waals surface area contributed by atoms with Crippen molar-refractivity contribution in [3.63, 3.8) is 0 Å². The Morgan fingerprint density at radius 1 is 1.04 bits per heavy atom. The normalized spacial score (nSPS) is 15.3. The van der Waals surface area contributed by atoms with Gasteiger partial charge in [0.1, 0.15) is 13.2 Å². The van der Waals surface area contributed by atoms with E-state index in [9.17, 15) is 9.59 Å². The minimum Gasteiger partial charge on any atom is -0.486 e. The number of nitrogens with zero attached hydrogens (tertiary/aromatic N) is 1. The summed E-state index contributed by atoms with van der Waals surface area (Å²) >= 11 is 0. The lowest BCUT2D eigenvalue weighted by Gasteiger charge is -2.22. The summed E-state index contributed by atoms with van der Waals surface area (Å²) in [6.07, 6.45) is 2.19. The van der Waals surface area contributed by atoms with Gasteiger partial charge >= 0.3 is 0 Å². The van der Waals surface area contributed by atoms with Crippen LogP contribution in [0.5, 0.6) is 11.5 Å². The largest absolute Gasteiger partial charge is 0.486 e. The maximum atomic E-state index is 12.6. The Hall–Kier alpha value is -3.06. The van der Waals surface area contributed by atoms with Gasteiger partial charge in [0.05, 0.1) is 6.54 Å². The quantitative estimate of drug-likeness (QED) is 0.767. The first kappa shape index (κ1) is 18.3. The molecule has 3 N–H and O–H groups in total. The Balaban J connectivity index is 1.38. The van der Waals surface area contributed by atoms with E-state index >= 15 is 0 Å². The molecule has 2 aromatic rings. The second-order valence-electron chi connectivity index (χ2n) is 7.10. The monoisotopic (exact) mass is 381 g/mol. The van der Waals surface area contributed by atoms with E-state index in [1.54, 1.807) is 18.2 Å². The third kappa shape index (κ3) is 4.43. The predicted octanol–water partition coefficient (Wildman–Crippen LogP) is 2.16. The molecule has 0 bridgehead atoms. The zero-order chi connectivity index (χ0) is 19.5. The SMILES string of the molecule is NC(=O)c1ccc(CN(CC(=O)Nc2ccc3c(c2)OCCO3)C2CC2)cc1. The number of rotatable bonds is 7. The average molecular weight is 381 g/mol. The molecule has 4 rings (SSSR count). The number of carbonyl (C=O) groups excluding carboxylic acids is 2. The molecule has 0 spiro atoms. The summed E-state index contributed by atoms with van der Waals surface area (Å²) < 4.78 is 11.1. The van der Waals surface area contributed by atoms with Gasteiger partial charge in [-0.3, -0.25) is 14.5 Å². The van der Waals surface area contributed by atoms with Gasteiger partial charge in [-0.25, -0.2) is 0 Å². The van der Waals surface area contributed by atoms with Crippen LogP contribution in [0.3, 0.4) is 0 Å². The highest BCUT2D eigenvalue weighted by Gasteiger charge is 2.30. The molecule has 2 amide bonds. The summed E-state index contributed by atoms with van der Waals surface area (Å²) in [6.45, 7) is 2.00. The maximum Gasteiger partial charge on any atom is 0.248 e. The zero-order valence-corrected chi connectivity index (χ0v) is 15.5. The van der Waals surface area contributed by atoms with Crippen molar-refractivity contribution in [2.24, 2.45) is 5.73 Å². The Kier molecular flexibility index (Phi) is 5.16. The van der Waals surface area contributed by atoms with Crippen LogP contribution in [0, 0.1) is 0 Å². The van der Waals surface area contributed by atoms with Crippen molar-refractivity contribution in [2.75, 3.05) is 25.1 Å². The molecule has 1 heterocycles. The Morgan fingerprint density at radius 3 is 2.43 bits per heavy atom. The number of benzene rings is 2. The summed E-state index contributed by atoms with van der Waals surface area (Å²) in [5.74, 6) is 0.836. The molecule has 146 valence electrons. The zero-order valence-electron chi connectivity index (χ0n) is 15.5. The molecule has 0 unspecified atom stereocenters. The van der Waals surface area contributed by atoms with E-state index in [-0.39, 0.29) is 5.91 Å². The van der Waals surface area contributed by atoms with Crippen molar-refractivity contribution < 1.29 is 19.1 Å². The molecule has 1 aliphatic carbocycles. The van der Waals surface area contributed by atoms with E-state index in [1.165, 1.54) is 0 Å². The molecule has 2 aromatic carbocycles. The van der Waals surface area contributed by atoms with E-state index in [2.05, 4.69) is 10.2 Å². The fraction of sp³-hybridized carbons (Fsp3) is 0.333. The highest BCUT2D eigenvalue weighted by Crippen LogP contribution is 2.33. The van der Waals surface area contributed by atoms with Gasteiger partial charge < -0.3 is 20.5 Å². The minimum absolute atomic E-state index is 0.0719. The van der Waals surface area contributed by atoms with Crippen LogP contribution in [0.15, 0.2) is 42.5 Å². The van der Waals surface area contributed by atoms with Crippen LogP contribution >= 0.6 is 0 Å². The number of amides is 2. The van der Waals surface area contributed by atoms with E-state index in [0.717, 1.165) is 18.4 Å². The van der Waals surface area contributed by atoms with Gasteiger partial charge in [0.2, 0.25) is 11.8 Å². The third-order valence-electron chi connectivity index (χ3n) is 4.86. The smallest absolute Gasteiger partial charge is 0.248 e. The van der Waals surface area contributed by atoms with Crippen LogP contribution in [0.1, 0.15) is 28.8 Å². The van der Waals surface area contributed by atoms with Crippen molar-refractivity contribution in [1.82, 2.24) is 4.90 Å². The number of nitrogens with one attached hydrogen (secondary N) is 1. The highest BCUT2D eigenvalue weighted by atomic mass is 16.6. The van der Waals surface area contributed by atoms with Crippen molar-refractivity contribution in [3.05, 3.63) is 53.6 Å². The lowest BCUT2D eigenvalue weighted by Crippen LogP contribution is -2.34. The van der Waals surface area contributed by atoms with Gasteiger partial charge in [-0.05, 0) is 42.7 Å². The number of ether oxygens (including phenoxy) is 2. The van der Waals surface area contributed by atoms with Crippen molar-refractivity contribution in [1.29, 1.82) is 0 Å². The number of primary amides is 1. The van der Waals surface area contributed by atoms with Crippen LogP contribution in [0.25, 0.3) is 0 Å². The van der Waals surface area contributed by atoms with Crippen LogP contribution in [-0.2, 0) is 11.3 Å². The number of carbonyl (C=O) groups is 2. The molecule has 0 saturated heterocycles. The average Bonchev–Trinajstić information content (AvgIpc) is 3.53. The number of anilines is 1. The molecule has 0 radical (unpaired) electrons. The van der Waals surface area contributed by atoms with E-state index < -0.39 is 5.91 Å². The molecule has 0 aromatic heterocycles. The molecule has 28 heavy (non-hydrogen) atoms. The first-order valence-corrected chi connectivity index (χ1v) is 9.41. The molecular weight excluding hydrogens is 358 g/mol. The fourth-order valence-corrected chi connectivity index (χ4v) is 3.27. The first-order chi connectivity index (χ1) is 13.6. The maximum absolute atomic E-state index is 12.6. The Morgan fingerprint density at radius 2 is 1.75 bits per heavy atom. The number of fused-ring (bicyclic) bond motifs is 1. The highest BCUT2D eigenvalue weighted by molar-refractivity contribution is 5.93. The molecule has 1 fully saturated rings. The molecule has 2 aliphatic rings. The number of nitrogens with two attached hydrogens (primary N) is 1. The summed E-state index contributed by atoms with van der Waals surface area (Å²) in [5, 5.41) is 2.94. The topological polar surface area (TPSA) is 93.9 Å². The minimum atomic E-state index is -0.440. The van der Waals surface area contributed by atoms with Gasteiger partial charge in [-0.1, -0.05) is 12.1 Å². The van der Waals surface area contributed by atoms with Gasteiger partial charge in [-0.15, -0.1) is 0 Å². The first-order valence-electron chi connectivity index (χ1n) is 9.41. The van der Waals surface area contributed by atoms with E-state index in [1.807, 2.05) is 24.3 Å². The molecule has 7 nitrogen and oxygen atoms in total. The predicted molar refractivity (Wildman–Crippen MR) is 104 cm³/mol. The Bertz CT molecular complexity index is 878. The van der Waals surface area contributed by atoms with Crippen LogP contribution in [-0.4, -0.2) is 42.5 Å². The summed E-state index contributed by atoms with van der Waals surface area (Å²) in [4.78, 5) is 25.9. The fourth-order valence-electron chi connectivity index (χ4n) is 3.27. The van der Waals surface area contributed by atoms with Gasteiger partial charge in [0.25, 0.3) is 0 Å². The summed E-state index contributed by atoms with van der Waals surface area (Å²) in [6, 6.07) is 13.0. The molecule has 1 saturated carbocycles. The molecule has 7 heteroatoms. The van der Waals surface area contributed by atoms with Gasteiger partial charge in [0.15, 0.2) is 11.5 Å². The van der Waals surface area contributed by atoms with E-state index in [4.69, 9.17) is 15.2 Å². The molecule has 1 aliphatic heterocycles. The van der Waals surface area contributed by atoms with Crippen LogP contribution < -0.4 is 20.5 Å². The standard InChI is InChI=1S/C21H23N3O4/c22-21(26)15-3-1-14(2-4-15)12-24(17-6-7-17)13-20(25)23-16-5-8-18-19(11-16)28-10-9-27-18/h1-5,8,11,17H,6-7,9-10,12-13H2,(H2,22,26)(H,23,25). The van der Waals surface area contributed by atoms with Crippen LogP contribution in [0.2, 0.25) is 0 Å². The van der Waals surface area contributed by atoms with Crippen molar-refractivity contribution >= 4 is 17.5 Å². The number of hydrogen-bond acceptors (Lipinski definition) is 5. The summed E-state index contributed by atoms with van der Waals surface area (Å²) in [5.41, 5.74) is 7.51. The van der Waals surface area contributed by atoms with E-state index in [0.29, 0.717) is 55.1 Å². The lowest BCUT2D eigenvalue weighted by atomic mass is 10.1. The number of hydrogen-bond donors (Lipinski definition) is 2. The second-order valence-corrected chi connectivity index (χ2v) is 7.10. The van der Waals surface area contributed by atoms with Gasteiger partial charge in [-0.2, -0.15) is 0 Å². The van der Waals surface area contributed by atoms with Gasteiger partial charge in [0, 0.05) is 29.9 Å². The third-order valence-corrected chi connectivity index (χ3v) is 4.86. The van der Waals surface area contributed by atoms with Crippen molar-refractivity contribution in [2.45, 2.75) is 25.4 Å². The van der Waals surface area contributed by atoms with Crippen LogP contribution in [0.4, 0.5) is 5.69 Å². The molecule has 0 atom stereocenters.